The van der Waals surface area contributed by atoms with Gasteiger partial charge in [0.05, 0.1) is 5.56 Å². The van der Waals surface area contributed by atoms with E-state index in [9.17, 15) is 4.79 Å². The van der Waals surface area contributed by atoms with E-state index in [1.54, 1.807) is 0 Å². The zero-order valence-corrected chi connectivity index (χ0v) is 28.1. The molecule has 232 valence electrons. The fraction of sp³-hybridized carbons (Fsp3) is 0.500. The van der Waals surface area contributed by atoms with E-state index in [1.807, 2.05) is 25.1 Å². The Hall–Kier alpha value is -3.47. The Morgan fingerprint density at radius 2 is 0.953 bits per heavy atom. The molecule has 0 saturated heterocycles. The van der Waals surface area contributed by atoms with Crippen molar-refractivity contribution in [2.75, 3.05) is 55.0 Å². The van der Waals surface area contributed by atoms with Crippen molar-refractivity contribution in [3.8, 4) is 0 Å². The minimum Gasteiger partial charge on any atom is -0.441 e. The molecule has 43 heavy (non-hydrogen) atoms. The van der Waals surface area contributed by atoms with Gasteiger partial charge >= 0.3 is 5.97 Å². The summed E-state index contributed by atoms with van der Waals surface area (Å²) >= 11 is 0. The minimum atomic E-state index is -1.02. The van der Waals surface area contributed by atoms with Crippen LogP contribution in [0.25, 0.3) is 0 Å². The Labute approximate surface area is 260 Å². The topological polar surface area (TPSA) is 36.0 Å². The Morgan fingerprint density at radius 1 is 0.581 bits per heavy atom. The van der Waals surface area contributed by atoms with Gasteiger partial charge in [-0.05, 0) is 60.1 Å². The number of nitrogens with zero attached hydrogens (tertiary/aromatic N) is 3. The molecule has 1 aliphatic heterocycles. The average molecular weight is 584 g/mol. The third kappa shape index (κ3) is 7.20. The second kappa shape index (κ2) is 13.4. The van der Waals surface area contributed by atoms with Gasteiger partial charge in [-0.3, -0.25) is 0 Å². The third-order valence-corrected chi connectivity index (χ3v) is 7.98. The normalized spacial score (nSPS) is 14.0. The van der Waals surface area contributed by atoms with E-state index in [4.69, 9.17) is 4.74 Å². The summed E-state index contributed by atoms with van der Waals surface area (Å²) in [6.45, 7) is 22.1. The number of anilines is 3. The molecule has 5 nitrogen and oxygen atoms in total. The van der Waals surface area contributed by atoms with Crippen LogP contribution in [0.4, 0.5) is 17.1 Å². The van der Waals surface area contributed by atoms with Crippen molar-refractivity contribution in [2.24, 2.45) is 23.7 Å². The first-order valence-electron chi connectivity index (χ1n) is 16.1. The lowest BCUT2D eigenvalue weighted by atomic mass is 9.79. The van der Waals surface area contributed by atoms with E-state index in [0.29, 0.717) is 29.2 Å². The number of benzene rings is 3. The first-order chi connectivity index (χ1) is 20.3. The predicted molar refractivity (Wildman–Crippen MR) is 183 cm³/mol. The molecular formula is C38H53N3O2. The number of fused-ring (bicyclic) bond motifs is 1. The standard InChI is InChI=1S/C38H53N3O2/c1-26(2)22-40(23-27(3)4)32-15-11-30(12-16-32)38(36-20-19-34(39(9)10)21-35(36)37(42)43-38)31-13-17-33(18-14-31)41(24-28(5)6)25-29(7)8/h11-21,26-29H,22-25H2,1-10H3. The van der Waals surface area contributed by atoms with Crippen LogP contribution in [-0.2, 0) is 10.3 Å². The fourth-order valence-corrected chi connectivity index (χ4v) is 6.28. The minimum absolute atomic E-state index is 0.283. The van der Waals surface area contributed by atoms with Crippen LogP contribution in [0.3, 0.4) is 0 Å². The van der Waals surface area contributed by atoms with Gasteiger partial charge in [0.2, 0.25) is 0 Å². The monoisotopic (exact) mass is 583 g/mol. The number of hydrogen-bond donors (Lipinski definition) is 0. The van der Waals surface area contributed by atoms with E-state index in [-0.39, 0.29) is 5.97 Å². The average Bonchev–Trinajstić information content (AvgIpc) is 3.24. The molecule has 1 heterocycles. The highest BCUT2D eigenvalue weighted by molar-refractivity contribution is 5.97. The SMILES string of the molecule is CC(C)CN(CC(C)C)c1ccc(C2(c3ccc(N(CC(C)C)CC(C)C)cc3)OC(=O)c3cc(N(C)C)ccc32)cc1. The Bertz CT molecular complexity index is 1270. The van der Waals surface area contributed by atoms with Crippen LogP contribution in [0.1, 0.15) is 82.4 Å². The van der Waals surface area contributed by atoms with Crippen molar-refractivity contribution in [3.05, 3.63) is 89.0 Å². The van der Waals surface area contributed by atoms with Gasteiger partial charge < -0.3 is 19.4 Å². The molecule has 0 spiro atoms. The zero-order chi connectivity index (χ0) is 31.5. The van der Waals surface area contributed by atoms with E-state index in [2.05, 4.69) is 126 Å². The molecule has 4 rings (SSSR count). The fourth-order valence-electron chi connectivity index (χ4n) is 6.28. The highest BCUT2D eigenvalue weighted by Crippen LogP contribution is 2.48. The van der Waals surface area contributed by atoms with E-state index in [0.717, 1.165) is 48.6 Å². The number of ether oxygens (including phenoxy) is 1. The summed E-state index contributed by atoms with van der Waals surface area (Å²) in [7, 11) is 3.99. The van der Waals surface area contributed by atoms with Crippen molar-refractivity contribution < 1.29 is 9.53 Å². The van der Waals surface area contributed by atoms with Crippen molar-refractivity contribution in [2.45, 2.75) is 61.0 Å². The second-order valence-electron chi connectivity index (χ2n) is 14.2. The molecule has 0 atom stereocenters. The van der Waals surface area contributed by atoms with Crippen molar-refractivity contribution >= 4 is 23.0 Å². The molecule has 0 radical (unpaired) electrons. The highest BCUT2D eigenvalue weighted by Gasteiger charge is 2.48. The second-order valence-corrected chi connectivity index (χ2v) is 14.2. The highest BCUT2D eigenvalue weighted by atomic mass is 16.6. The molecule has 3 aromatic rings. The van der Waals surface area contributed by atoms with Gasteiger partial charge in [0.25, 0.3) is 0 Å². The van der Waals surface area contributed by atoms with Gasteiger partial charge in [-0.25, -0.2) is 4.79 Å². The first kappa shape index (κ1) is 32.4. The molecule has 1 aliphatic rings. The number of hydrogen-bond acceptors (Lipinski definition) is 5. The van der Waals surface area contributed by atoms with E-state index in [1.165, 1.54) is 11.4 Å². The molecule has 0 aliphatic carbocycles. The molecule has 5 heteroatoms. The smallest absolute Gasteiger partial charge is 0.340 e. The van der Waals surface area contributed by atoms with Gasteiger partial charge in [0, 0.05) is 74.0 Å². The summed E-state index contributed by atoms with van der Waals surface area (Å²) in [5, 5.41) is 0. The molecular weight excluding hydrogens is 530 g/mol. The zero-order valence-electron chi connectivity index (χ0n) is 28.1. The van der Waals surface area contributed by atoms with E-state index < -0.39 is 5.60 Å². The quantitative estimate of drug-likeness (QED) is 0.189. The summed E-state index contributed by atoms with van der Waals surface area (Å²) in [5.41, 5.74) is 5.80. The Morgan fingerprint density at radius 3 is 1.30 bits per heavy atom. The Balaban J connectivity index is 1.83. The number of carbonyl (C=O) groups is 1. The summed E-state index contributed by atoms with van der Waals surface area (Å²) in [6.07, 6.45) is 0. The number of esters is 1. The first-order valence-corrected chi connectivity index (χ1v) is 16.1. The maximum absolute atomic E-state index is 13.6. The van der Waals surface area contributed by atoms with Crippen LogP contribution in [0.2, 0.25) is 0 Å². The molecule has 3 aromatic carbocycles. The van der Waals surface area contributed by atoms with Crippen LogP contribution < -0.4 is 14.7 Å². The van der Waals surface area contributed by atoms with Gasteiger partial charge in [0.1, 0.15) is 0 Å². The third-order valence-electron chi connectivity index (χ3n) is 7.98. The van der Waals surface area contributed by atoms with Gasteiger partial charge in [0.15, 0.2) is 5.60 Å². The van der Waals surface area contributed by atoms with Crippen molar-refractivity contribution in [1.82, 2.24) is 0 Å². The maximum atomic E-state index is 13.6. The molecule has 0 saturated carbocycles. The largest absolute Gasteiger partial charge is 0.441 e. The van der Waals surface area contributed by atoms with Crippen LogP contribution >= 0.6 is 0 Å². The molecule has 0 unspecified atom stereocenters. The number of rotatable bonds is 13. The lowest BCUT2D eigenvalue weighted by molar-refractivity contribution is 0.0251. The van der Waals surface area contributed by atoms with Gasteiger partial charge in [-0.15, -0.1) is 0 Å². The van der Waals surface area contributed by atoms with Crippen molar-refractivity contribution in [3.63, 3.8) is 0 Å². The van der Waals surface area contributed by atoms with Crippen molar-refractivity contribution in [1.29, 1.82) is 0 Å². The molecule has 0 bridgehead atoms. The lowest BCUT2D eigenvalue weighted by Gasteiger charge is -2.33. The number of carbonyl (C=O) groups excluding carboxylic acids is 1. The molecule has 0 fully saturated rings. The van der Waals surface area contributed by atoms with Crippen LogP contribution in [0, 0.1) is 23.7 Å². The van der Waals surface area contributed by atoms with Crippen LogP contribution in [-0.4, -0.2) is 46.2 Å². The summed E-state index contributed by atoms with van der Waals surface area (Å²) in [6, 6.07) is 23.5. The predicted octanol–water partition coefficient (Wildman–Crippen LogP) is 8.45. The summed E-state index contributed by atoms with van der Waals surface area (Å²) < 4.78 is 6.50. The summed E-state index contributed by atoms with van der Waals surface area (Å²) in [5.74, 6) is 1.95. The number of cyclic esters (lactones) is 1. The molecule has 0 aromatic heterocycles. The van der Waals surface area contributed by atoms with Crippen LogP contribution in [0.5, 0.6) is 0 Å². The van der Waals surface area contributed by atoms with Gasteiger partial charge in [-0.2, -0.15) is 0 Å². The van der Waals surface area contributed by atoms with Crippen LogP contribution in [0.15, 0.2) is 66.7 Å². The maximum Gasteiger partial charge on any atom is 0.340 e. The molecule has 0 N–H and O–H groups in total. The molecule has 0 amide bonds. The van der Waals surface area contributed by atoms with Gasteiger partial charge in [-0.1, -0.05) is 85.7 Å². The summed E-state index contributed by atoms with van der Waals surface area (Å²) in [4.78, 5) is 20.5. The Kier molecular flexibility index (Phi) is 10.1. The van der Waals surface area contributed by atoms with E-state index >= 15 is 0 Å². The lowest BCUT2D eigenvalue weighted by Crippen LogP contribution is -2.33.